The SMILES string of the molecule is O=c1cc(-c2ccccc2)[nH]c2c1sc1cccc(Cl)c12. The van der Waals surface area contributed by atoms with Crippen LogP contribution in [-0.4, -0.2) is 4.98 Å². The summed E-state index contributed by atoms with van der Waals surface area (Å²) in [6, 6.07) is 17.2. The van der Waals surface area contributed by atoms with E-state index in [4.69, 9.17) is 11.6 Å². The molecule has 0 aliphatic carbocycles. The van der Waals surface area contributed by atoms with Gasteiger partial charge in [-0.15, -0.1) is 11.3 Å². The molecule has 0 spiro atoms. The van der Waals surface area contributed by atoms with E-state index < -0.39 is 0 Å². The van der Waals surface area contributed by atoms with Crippen LogP contribution in [0.5, 0.6) is 0 Å². The minimum Gasteiger partial charge on any atom is -0.353 e. The molecule has 0 fully saturated rings. The third-order valence-electron chi connectivity index (χ3n) is 3.51. The molecule has 0 aliphatic heterocycles. The average molecular weight is 312 g/mol. The Labute approximate surface area is 129 Å². The first-order valence-electron chi connectivity index (χ1n) is 6.53. The Hall–Kier alpha value is -2.10. The van der Waals surface area contributed by atoms with Crippen molar-refractivity contribution in [3.63, 3.8) is 0 Å². The maximum Gasteiger partial charge on any atom is 0.200 e. The molecule has 2 heterocycles. The molecule has 0 radical (unpaired) electrons. The van der Waals surface area contributed by atoms with Crippen molar-refractivity contribution in [1.82, 2.24) is 4.98 Å². The van der Waals surface area contributed by atoms with Crippen LogP contribution in [0.3, 0.4) is 0 Å². The highest BCUT2D eigenvalue weighted by Gasteiger charge is 2.12. The highest BCUT2D eigenvalue weighted by Crippen LogP contribution is 2.36. The van der Waals surface area contributed by atoms with Gasteiger partial charge in [0.25, 0.3) is 0 Å². The van der Waals surface area contributed by atoms with Crippen molar-refractivity contribution < 1.29 is 0 Å². The number of nitrogens with one attached hydrogen (secondary N) is 1. The first-order valence-corrected chi connectivity index (χ1v) is 7.73. The van der Waals surface area contributed by atoms with Gasteiger partial charge in [-0.3, -0.25) is 4.79 Å². The number of hydrogen-bond acceptors (Lipinski definition) is 2. The zero-order valence-electron chi connectivity index (χ0n) is 10.9. The number of pyridine rings is 1. The van der Waals surface area contributed by atoms with Crippen molar-refractivity contribution >= 4 is 43.2 Å². The molecule has 0 bridgehead atoms. The number of benzene rings is 2. The third kappa shape index (κ3) is 1.97. The van der Waals surface area contributed by atoms with Crippen molar-refractivity contribution in [2.75, 3.05) is 0 Å². The number of rotatable bonds is 1. The van der Waals surface area contributed by atoms with Crippen molar-refractivity contribution in [1.29, 1.82) is 0 Å². The van der Waals surface area contributed by atoms with Crippen LogP contribution in [0.4, 0.5) is 0 Å². The molecular formula is C17H10ClNOS. The van der Waals surface area contributed by atoms with Crippen LogP contribution >= 0.6 is 22.9 Å². The molecule has 0 saturated carbocycles. The molecule has 1 N–H and O–H groups in total. The Morgan fingerprint density at radius 3 is 2.62 bits per heavy atom. The highest BCUT2D eigenvalue weighted by atomic mass is 35.5. The summed E-state index contributed by atoms with van der Waals surface area (Å²) in [6.07, 6.45) is 0. The van der Waals surface area contributed by atoms with Crippen LogP contribution < -0.4 is 5.43 Å². The second-order valence-electron chi connectivity index (χ2n) is 4.83. The van der Waals surface area contributed by atoms with E-state index in [0.29, 0.717) is 5.02 Å². The first-order chi connectivity index (χ1) is 10.2. The number of halogens is 1. The lowest BCUT2D eigenvalue weighted by Crippen LogP contribution is -2.00. The molecular weight excluding hydrogens is 302 g/mol. The van der Waals surface area contributed by atoms with Crippen molar-refractivity contribution in [3.05, 3.63) is 69.8 Å². The summed E-state index contributed by atoms with van der Waals surface area (Å²) in [5.74, 6) is 0. The number of hydrogen-bond donors (Lipinski definition) is 1. The minimum atomic E-state index is 0.0277. The van der Waals surface area contributed by atoms with Crippen LogP contribution in [0.15, 0.2) is 59.4 Å². The molecule has 2 aromatic heterocycles. The lowest BCUT2D eigenvalue weighted by atomic mass is 10.1. The summed E-state index contributed by atoms with van der Waals surface area (Å²) < 4.78 is 1.74. The van der Waals surface area contributed by atoms with Gasteiger partial charge in [0.15, 0.2) is 5.43 Å². The zero-order valence-corrected chi connectivity index (χ0v) is 12.5. The van der Waals surface area contributed by atoms with Gasteiger partial charge < -0.3 is 4.98 Å². The average Bonchev–Trinajstić information content (AvgIpc) is 2.89. The highest BCUT2D eigenvalue weighted by molar-refractivity contribution is 7.25. The van der Waals surface area contributed by atoms with Crippen LogP contribution in [0.1, 0.15) is 0 Å². The smallest absolute Gasteiger partial charge is 0.200 e. The maximum absolute atomic E-state index is 12.4. The van der Waals surface area contributed by atoms with E-state index in [-0.39, 0.29) is 5.43 Å². The van der Waals surface area contributed by atoms with E-state index >= 15 is 0 Å². The number of H-pyrrole nitrogens is 1. The van der Waals surface area contributed by atoms with E-state index in [1.165, 1.54) is 11.3 Å². The lowest BCUT2D eigenvalue weighted by molar-refractivity contribution is 1.40. The number of thiophene rings is 1. The van der Waals surface area contributed by atoms with Gasteiger partial charge in [-0.2, -0.15) is 0 Å². The Balaban J connectivity index is 2.14. The maximum atomic E-state index is 12.4. The topological polar surface area (TPSA) is 32.9 Å². The van der Waals surface area contributed by atoms with Gasteiger partial charge in [0.05, 0.1) is 15.2 Å². The van der Waals surface area contributed by atoms with Gasteiger partial charge in [-0.05, 0) is 17.7 Å². The molecule has 0 atom stereocenters. The van der Waals surface area contributed by atoms with Gasteiger partial charge in [0.2, 0.25) is 0 Å². The Morgan fingerprint density at radius 1 is 1.00 bits per heavy atom. The van der Waals surface area contributed by atoms with Gasteiger partial charge in [0, 0.05) is 21.8 Å². The number of aromatic amines is 1. The Bertz CT molecular complexity index is 1020. The molecule has 0 saturated heterocycles. The fourth-order valence-electron chi connectivity index (χ4n) is 2.54. The number of fused-ring (bicyclic) bond motifs is 3. The van der Waals surface area contributed by atoms with Gasteiger partial charge in [-0.25, -0.2) is 0 Å². The monoisotopic (exact) mass is 311 g/mol. The summed E-state index contributed by atoms with van der Waals surface area (Å²) in [7, 11) is 0. The molecule has 0 amide bonds. The molecule has 21 heavy (non-hydrogen) atoms. The van der Waals surface area contributed by atoms with Crippen LogP contribution in [0, 0.1) is 0 Å². The number of aromatic nitrogens is 1. The molecule has 4 aromatic rings. The molecule has 2 nitrogen and oxygen atoms in total. The summed E-state index contributed by atoms with van der Waals surface area (Å²) in [5, 5.41) is 1.59. The molecule has 4 heteroatoms. The summed E-state index contributed by atoms with van der Waals surface area (Å²) in [4.78, 5) is 15.8. The molecule has 0 aliphatic rings. The van der Waals surface area contributed by atoms with Crippen molar-refractivity contribution in [2.45, 2.75) is 0 Å². The van der Waals surface area contributed by atoms with Crippen LogP contribution in [0.2, 0.25) is 5.02 Å². The van der Waals surface area contributed by atoms with Crippen LogP contribution in [0.25, 0.3) is 31.6 Å². The van der Waals surface area contributed by atoms with Crippen molar-refractivity contribution in [2.24, 2.45) is 0 Å². The summed E-state index contributed by atoms with van der Waals surface area (Å²) in [5.41, 5.74) is 2.66. The molecule has 0 unspecified atom stereocenters. The van der Waals surface area contributed by atoms with Gasteiger partial charge in [0.1, 0.15) is 0 Å². The Morgan fingerprint density at radius 2 is 1.81 bits per heavy atom. The van der Waals surface area contributed by atoms with Gasteiger partial charge >= 0.3 is 0 Å². The Kier molecular flexibility index (Phi) is 2.84. The van der Waals surface area contributed by atoms with E-state index in [0.717, 1.165) is 31.6 Å². The lowest BCUT2D eigenvalue weighted by Gasteiger charge is -2.02. The first kappa shape index (κ1) is 12.6. The van der Waals surface area contributed by atoms with E-state index in [1.54, 1.807) is 6.07 Å². The summed E-state index contributed by atoms with van der Waals surface area (Å²) in [6.45, 7) is 0. The second kappa shape index (κ2) is 4.72. The molecule has 2 aromatic carbocycles. The third-order valence-corrected chi connectivity index (χ3v) is 4.99. The summed E-state index contributed by atoms with van der Waals surface area (Å²) >= 11 is 7.79. The largest absolute Gasteiger partial charge is 0.353 e. The molecule has 102 valence electrons. The van der Waals surface area contributed by atoms with Crippen molar-refractivity contribution in [3.8, 4) is 11.3 Å². The standard InChI is InChI=1S/C17H10ClNOS/c18-11-7-4-8-14-15(11)16-17(21-14)13(20)9-12(19-16)10-5-2-1-3-6-10/h1-9H,(H,19,20). The molecule has 4 rings (SSSR count). The van der Waals surface area contributed by atoms with E-state index in [9.17, 15) is 4.79 Å². The fourth-order valence-corrected chi connectivity index (χ4v) is 3.96. The van der Waals surface area contributed by atoms with E-state index in [2.05, 4.69) is 4.98 Å². The normalized spacial score (nSPS) is 11.3. The zero-order chi connectivity index (χ0) is 14.4. The predicted octanol–water partition coefficient (Wildman–Crippen LogP) is 5.06. The van der Waals surface area contributed by atoms with E-state index in [1.807, 2.05) is 48.5 Å². The second-order valence-corrected chi connectivity index (χ2v) is 6.29. The minimum absolute atomic E-state index is 0.0277. The quantitative estimate of drug-likeness (QED) is 0.523. The fraction of sp³-hybridized carbons (Fsp3) is 0. The predicted molar refractivity (Wildman–Crippen MR) is 90.4 cm³/mol. The van der Waals surface area contributed by atoms with Crippen LogP contribution in [-0.2, 0) is 0 Å². The van der Waals surface area contributed by atoms with Gasteiger partial charge in [-0.1, -0.05) is 48.0 Å².